The molecule has 2 aliphatic rings. The number of nitrogens with two attached hydrogens (primary N) is 1. The molecule has 0 radical (unpaired) electrons. The number of amides is 1. The molecule has 20 heavy (non-hydrogen) atoms. The van der Waals surface area contributed by atoms with Gasteiger partial charge in [-0.05, 0) is 44.6 Å². The van der Waals surface area contributed by atoms with Crippen molar-refractivity contribution in [1.29, 1.82) is 0 Å². The Bertz CT molecular complexity index is 308. The lowest BCUT2D eigenvalue weighted by Crippen LogP contribution is -2.43. The van der Waals surface area contributed by atoms with E-state index < -0.39 is 0 Å². The van der Waals surface area contributed by atoms with Gasteiger partial charge < -0.3 is 15.4 Å². The molecule has 2 fully saturated rings. The lowest BCUT2D eigenvalue weighted by atomic mass is 9.71. The minimum absolute atomic E-state index is 0.0687. The van der Waals surface area contributed by atoms with Crippen LogP contribution in [0.1, 0.15) is 58.3 Å². The predicted molar refractivity (Wildman–Crippen MR) is 80.4 cm³/mol. The summed E-state index contributed by atoms with van der Waals surface area (Å²) in [6, 6.07) is 0. The van der Waals surface area contributed by atoms with Crippen LogP contribution in [0.2, 0.25) is 0 Å². The topological polar surface area (TPSA) is 55.6 Å². The molecule has 116 valence electrons. The Morgan fingerprint density at radius 3 is 2.60 bits per heavy atom. The van der Waals surface area contributed by atoms with Crippen molar-refractivity contribution in [3.8, 4) is 0 Å². The quantitative estimate of drug-likeness (QED) is 0.813. The molecule has 1 heterocycles. The molecule has 0 aromatic rings. The maximum absolute atomic E-state index is 12.6. The molecular weight excluding hydrogens is 252 g/mol. The monoisotopic (exact) mass is 282 g/mol. The van der Waals surface area contributed by atoms with Crippen molar-refractivity contribution >= 4 is 5.91 Å². The van der Waals surface area contributed by atoms with Gasteiger partial charge in [0, 0.05) is 26.1 Å². The van der Waals surface area contributed by atoms with E-state index in [1.165, 1.54) is 19.3 Å². The summed E-state index contributed by atoms with van der Waals surface area (Å²) in [6.07, 6.45) is 9.08. The van der Waals surface area contributed by atoms with Gasteiger partial charge in [-0.1, -0.05) is 19.3 Å². The van der Waals surface area contributed by atoms with E-state index in [4.69, 9.17) is 10.5 Å². The van der Waals surface area contributed by atoms with Crippen LogP contribution >= 0.6 is 0 Å². The normalized spacial score (nSPS) is 25.6. The minimum atomic E-state index is 0.0687. The molecule has 1 amide bonds. The molecule has 2 N–H and O–H groups in total. The van der Waals surface area contributed by atoms with Crippen LogP contribution in [-0.2, 0) is 9.53 Å². The van der Waals surface area contributed by atoms with Gasteiger partial charge in [0.1, 0.15) is 0 Å². The number of nitrogens with zero attached hydrogens (tertiary/aromatic N) is 1. The predicted octanol–water partition coefficient (Wildman–Crippen LogP) is 2.31. The van der Waals surface area contributed by atoms with Gasteiger partial charge in [0.2, 0.25) is 5.91 Å². The second-order valence-electron chi connectivity index (χ2n) is 6.51. The summed E-state index contributed by atoms with van der Waals surface area (Å²) in [5.74, 6) is 0.273. The largest absolute Gasteiger partial charge is 0.376 e. The van der Waals surface area contributed by atoms with Gasteiger partial charge in [-0.25, -0.2) is 0 Å². The van der Waals surface area contributed by atoms with Crippen LogP contribution < -0.4 is 5.73 Å². The molecule has 0 spiro atoms. The fourth-order valence-corrected chi connectivity index (χ4v) is 3.63. The Kier molecular flexibility index (Phi) is 5.85. The third-order valence-electron chi connectivity index (χ3n) is 5.06. The Morgan fingerprint density at radius 2 is 2.05 bits per heavy atom. The minimum Gasteiger partial charge on any atom is -0.376 e. The van der Waals surface area contributed by atoms with Crippen molar-refractivity contribution < 1.29 is 9.53 Å². The van der Waals surface area contributed by atoms with E-state index in [-0.39, 0.29) is 17.4 Å². The Labute approximate surface area is 123 Å². The van der Waals surface area contributed by atoms with Crippen LogP contribution in [0.25, 0.3) is 0 Å². The zero-order valence-corrected chi connectivity index (χ0v) is 12.9. The van der Waals surface area contributed by atoms with Crippen molar-refractivity contribution in [1.82, 2.24) is 4.90 Å². The van der Waals surface area contributed by atoms with Crippen molar-refractivity contribution in [3.05, 3.63) is 0 Å². The summed E-state index contributed by atoms with van der Waals surface area (Å²) < 4.78 is 5.66. The summed E-state index contributed by atoms with van der Waals surface area (Å²) in [5.41, 5.74) is 6.07. The molecule has 1 saturated heterocycles. The SMILES string of the molecule is CCN(CC1CCCO1)C(=O)CC1(CN)CCCCC1. The summed E-state index contributed by atoms with van der Waals surface area (Å²) in [5, 5.41) is 0. The van der Waals surface area contributed by atoms with Crippen LogP contribution in [0.15, 0.2) is 0 Å². The van der Waals surface area contributed by atoms with Crippen molar-refractivity contribution in [2.45, 2.75) is 64.4 Å². The molecule has 4 heteroatoms. The van der Waals surface area contributed by atoms with E-state index in [0.29, 0.717) is 13.0 Å². The summed E-state index contributed by atoms with van der Waals surface area (Å²) in [6.45, 7) is 5.09. The number of carbonyl (C=O) groups excluding carboxylic acids is 1. The van der Waals surface area contributed by atoms with E-state index in [0.717, 1.165) is 45.4 Å². The molecule has 2 rings (SSSR count). The standard InChI is InChI=1S/C16H30N2O2/c1-2-18(12-14-7-6-10-20-14)15(19)11-16(13-17)8-4-3-5-9-16/h14H,2-13,17H2,1H3. The first kappa shape index (κ1) is 15.8. The summed E-state index contributed by atoms with van der Waals surface area (Å²) in [7, 11) is 0. The van der Waals surface area contributed by atoms with E-state index in [1.54, 1.807) is 0 Å². The van der Waals surface area contributed by atoms with Crippen LogP contribution in [0.3, 0.4) is 0 Å². The summed E-state index contributed by atoms with van der Waals surface area (Å²) >= 11 is 0. The molecule has 0 aromatic carbocycles. The van der Waals surface area contributed by atoms with Crippen molar-refractivity contribution in [2.75, 3.05) is 26.2 Å². The van der Waals surface area contributed by atoms with E-state index in [1.807, 2.05) is 4.90 Å². The number of hydrogen-bond acceptors (Lipinski definition) is 3. The Balaban J connectivity index is 1.89. The maximum Gasteiger partial charge on any atom is 0.223 e. The lowest BCUT2D eigenvalue weighted by Gasteiger charge is -2.37. The Hall–Kier alpha value is -0.610. The van der Waals surface area contributed by atoms with Gasteiger partial charge >= 0.3 is 0 Å². The first-order valence-electron chi connectivity index (χ1n) is 8.28. The first-order valence-corrected chi connectivity index (χ1v) is 8.28. The number of carbonyl (C=O) groups is 1. The molecule has 1 aliphatic carbocycles. The number of likely N-dealkylation sites (N-methyl/N-ethyl adjacent to an activating group) is 1. The zero-order valence-electron chi connectivity index (χ0n) is 12.9. The van der Waals surface area contributed by atoms with Crippen LogP contribution in [0, 0.1) is 5.41 Å². The van der Waals surface area contributed by atoms with Gasteiger partial charge in [0.05, 0.1) is 6.10 Å². The second kappa shape index (κ2) is 7.41. The van der Waals surface area contributed by atoms with E-state index in [2.05, 4.69) is 6.92 Å². The van der Waals surface area contributed by atoms with E-state index >= 15 is 0 Å². The molecule has 1 unspecified atom stereocenters. The molecular formula is C16H30N2O2. The van der Waals surface area contributed by atoms with Gasteiger partial charge in [0.25, 0.3) is 0 Å². The highest BCUT2D eigenvalue weighted by atomic mass is 16.5. The summed E-state index contributed by atoms with van der Waals surface area (Å²) in [4.78, 5) is 14.6. The maximum atomic E-state index is 12.6. The van der Waals surface area contributed by atoms with Gasteiger partial charge in [-0.15, -0.1) is 0 Å². The van der Waals surface area contributed by atoms with Crippen molar-refractivity contribution in [3.63, 3.8) is 0 Å². The fraction of sp³-hybridized carbons (Fsp3) is 0.938. The van der Waals surface area contributed by atoms with Crippen molar-refractivity contribution in [2.24, 2.45) is 11.1 Å². The smallest absolute Gasteiger partial charge is 0.223 e. The fourth-order valence-electron chi connectivity index (χ4n) is 3.63. The van der Waals surface area contributed by atoms with Crippen LogP contribution in [0.4, 0.5) is 0 Å². The van der Waals surface area contributed by atoms with Gasteiger partial charge in [-0.2, -0.15) is 0 Å². The molecule has 1 aliphatic heterocycles. The average molecular weight is 282 g/mol. The Morgan fingerprint density at radius 1 is 1.30 bits per heavy atom. The van der Waals surface area contributed by atoms with Gasteiger partial charge in [0.15, 0.2) is 0 Å². The van der Waals surface area contributed by atoms with Gasteiger partial charge in [-0.3, -0.25) is 4.79 Å². The number of hydrogen-bond donors (Lipinski definition) is 1. The second-order valence-corrected chi connectivity index (χ2v) is 6.51. The van der Waals surface area contributed by atoms with Crippen LogP contribution in [-0.4, -0.2) is 43.2 Å². The molecule has 4 nitrogen and oxygen atoms in total. The first-order chi connectivity index (χ1) is 9.69. The highest BCUT2D eigenvalue weighted by Gasteiger charge is 2.34. The third-order valence-corrected chi connectivity index (χ3v) is 5.06. The van der Waals surface area contributed by atoms with E-state index in [9.17, 15) is 4.79 Å². The highest BCUT2D eigenvalue weighted by molar-refractivity contribution is 5.77. The van der Waals surface area contributed by atoms with Crippen LogP contribution in [0.5, 0.6) is 0 Å². The zero-order chi connectivity index (χ0) is 14.4. The molecule has 0 aromatic heterocycles. The molecule has 1 atom stereocenters. The molecule has 0 bridgehead atoms. The highest BCUT2D eigenvalue weighted by Crippen LogP contribution is 2.38. The number of ether oxygens (including phenoxy) is 1. The molecule has 1 saturated carbocycles. The number of rotatable bonds is 6. The lowest BCUT2D eigenvalue weighted by molar-refractivity contribution is -0.135. The average Bonchev–Trinajstić information content (AvgIpc) is 2.98. The third kappa shape index (κ3) is 3.95.